The first kappa shape index (κ1) is 19.3. The van der Waals surface area contributed by atoms with E-state index in [9.17, 15) is 4.79 Å². The van der Waals surface area contributed by atoms with E-state index >= 15 is 0 Å². The number of halogens is 1. The first-order valence-corrected chi connectivity index (χ1v) is 11.0. The van der Waals surface area contributed by atoms with Crippen LogP contribution in [-0.2, 0) is 10.5 Å². The zero-order valence-corrected chi connectivity index (χ0v) is 17.7. The molecular weight excluding hydrogens is 430 g/mol. The molecule has 1 amide bonds. The van der Waals surface area contributed by atoms with Gasteiger partial charge in [0.2, 0.25) is 0 Å². The standard InChI is InChI=1S/C21H14ClNO2S3/c22-15-8-6-14(7-9-15)13-27-19-11-10-17(25-19)12-18-20(24)23(21(26)28-18)16-4-2-1-3-5-16/h1-12H,13H2. The fourth-order valence-electron chi connectivity index (χ4n) is 2.62. The predicted octanol–water partition coefficient (Wildman–Crippen LogP) is 6.63. The number of carbonyl (C=O) groups excluding carboxylic acids is 1. The predicted molar refractivity (Wildman–Crippen MR) is 122 cm³/mol. The maximum Gasteiger partial charge on any atom is 0.270 e. The van der Waals surface area contributed by atoms with Crippen LogP contribution in [0.25, 0.3) is 6.08 Å². The van der Waals surface area contributed by atoms with Crippen molar-refractivity contribution in [1.29, 1.82) is 0 Å². The minimum Gasteiger partial charge on any atom is -0.450 e. The van der Waals surface area contributed by atoms with Crippen molar-refractivity contribution in [3.05, 3.63) is 88.0 Å². The summed E-state index contributed by atoms with van der Waals surface area (Å²) in [7, 11) is 0. The molecule has 0 aliphatic carbocycles. The van der Waals surface area contributed by atoms with Crippen LogP contribution in [0.3, 0.4) is 0 Å². The quantitative estimate of drug-likeness (QED) is 0.251. The lowest BCUT2D eigenvalue weighted by Gasteiger charge is -2.13. The molecule has 0 atom stereocenters. The molecule has 0 saturated carbocycles. The van der Waals surface area contributed by atoms with E-state index in [0.717, 1.165) is 27.1 Å². The number of furan rings is 1. The van der Waals surface area contributed by atoms with Gasteiger partial charge in [-0.3, -0.25) is 9.69 Å². The van der Waals surface area contributed by atoms with Gasteiger partial charge in [-0.15, -0.1) is 0 Å². The van der Waals surface area contributed by atoms with Crippen LogP contribution in [0.5, 0.6) is 0 Å². The van der Waals surface area contributed by atoms with Crippen molar-refractivity contribution in [3.63, 3.8) is 0 Å². The lowest BCUT2D eigenvalue weighted by Crippen LogP contribution is -2.27. The zero-order chi connectivity index (χ0) is 19.5. The number of anilines is 1. The Morgan fingerprint density at radius 1 is 1.07 bits per heavy atom. The largest absolute Gasteiger partial charge is 0.450 e. The molecule has 2 aromatic carbocycles. The van der Waals surface area contributed by atoms with E-state index in [2.05, 4.69) is 0 Å². The van der Waals surface area contributed by atoms with Gasteiger partial charge in [0.05, 0.1) is 10.6 Å². The maximum atomic E-state index is 12.8. The van der Waals surface area contributed by atoms with E-state index in [0.29, 0.717) is 15.0 Å². The van der Waals surface area contributed by atoms with E-state index in [4.69, 9.17) is 28.2 Å². The Balaban J connectivity index is 1.45. The van der Waals surface area contributed by atoms with Crippen molar-refractivity contribution in [2.45, 2.75) is 10.8 Å². The normalized spacial score (nSPS) is 15.6. The maximum absolute atomic E-state index is 12.8. The Bertz CT molecular complexity index is 1050. The smallest absolute Gasteiger partial charge is 0.270 e. The van der Waals surface area contributed by atoms with E-state index < -0.39 is 0 Å². The van der Waals surface area contributed by atoms with Gasteiger partial charge in [0, 0.05) is 16.9 Å². The van der Waals surface area contributed by atoms with Crippen LogP contribution in [0.15, 0.2) is 81.1 Å². The topological polar surface area (TPSA) is 33.5 Å². The average molecular weight is 444 g/mol. The summed E-state index contributed by atoms with van der Waals surface area (Å²) >= 11 is 14.2. The van der Waals surface area contributed by atoms with Crippen LogP contribution in [0.2, 0.25) is 5.02 Å². The Kier molecular flexibility index (Phi) is 5.92. The highest BCUT2D eigenvalue weighted by Crippen LogP contribution is 2.36. The molecule has 1 fully saturated rings. The first-order valence-electron chi connectivity index (χ1n) is 8.40. The van der Waals surface area contributed by atoms with Crippen molar-refractivity contribution in [3.8, 4) is 0 Å². The van der Waals surface area contributed by atoms with Gasteiger partial charge in [-0.1, -0.05) is 77.7 Å². The number of amides is 1. The van der Waals surface area contributed by atoms with Gasteiger partial charge < -0.3 is 4.42 Å². The van der Waals surface area contributed by atoms with Gasteiger partial charge in [-0.05, 0) is 42.0 Å². The number of para-hydroxylation sites is 1. The Morgan fingerprint density at radius 3 is 2.57 bits per heavy atom. The Hall–Kier alpha value is -1.99. The molecule has 0 unspecified atom stereocenters. The summed E-state index contributed by atoms with van der Waals surface area (Å²) in [4.78, 5) is 14.9. The fraction of sp³-hybridized carbons (Fsp3) is 0.0476. The van der Waals surface area contributed by atoms with Crippen LogP contribution < -0.4 is 4.90 Å². The molecule has 3 nitrogen and oxygen atoms in total. The van der Waals surface area contributed by atoms with Gasteiger partial charge in [-0.2, -0.15) is 0 Å². The summed E-state index contributed by atoms with van der Waals surface area (Å²) in [5, 5.41) is 1.52. The molecule has 4 rings (SSSR count). The van der Waals surface area contributed by atoms with Crippen LogP contribution in [0.1, 0.15) is 11.3 Å². The molecule has 0 bridgehead atoms. The lowest BCUT2D eigenvalue weighted by atomic mass is 10.2. The van der Waals surface area contributed by atoms with Crippen LogP contribution in [-0.4, -0.2) is 10.2 Å². The molecule has 1 saturated heterocycles. The van der Waals surface area contributed by atoms with Crippen molar-refractivity contribution in [2.24, 2.45) is 0 Å². The summed E-state index contributed by atoms with van der Waals surface area (Å²) in [6.07, 6.45) is 1.74. The van der Waals surface area contributed by atoms with Gasteiger partial charge in [0.15, 0.2) is 9.41 Å². The van der Waals surface area contributed by atoms with Crippen LogP contribution in [0.4, 0.5) is 5.69 Å². The molecule has 3 aromatic rings. The van der Waals surface area contributed by atoms with E-state index in [1.54, 1.807) is 22.7 Å². The molecule has 7 heteroatoms. The summed E-state index contributed by atoms with van der Waals surface area (Å²) in [6, 6.07) is 20.9. The highest BCUT2D eigenvalue weighted by Gasteiger charge is 2.33. The molecule has 140 valence electrons. The summed E-state index contributed by atoms with van der Waals surface area (Å²) in [6.45, 7) is 0. The average Bonchev–Trinajstić information content (AvgIpc) is 3.26. The van der Waals surface area contributed by atoms with E-state index in [1.807, 2.05) is 66.7 Å². The number of carbonyl (C=O) groups is 1. The Labute approximate surface area is 181 Å². The van der Waals surface area contributed by atoms with Crippen LogP contribution in [0, 0.1) is 0 Å². The van der Waals surface area contributed by atoms with E-state index in [1.165, 1.54) is 11.8 Å². The number of rotatable bonds is 5. The molecule has 0 radical (unpaired) electrons. The van der Waals surface area contributed by atoms with Gasteiger partial charge in [0.25, 0.3) is 5.91 Å². The number of thiocarbonyl (C=S) groups is 1. The highest BCUT2D eigenvalue weighted by atomic mass is 35.5. The van der Waals surface area contributed by atoms with Crippen molar-refractivity contribution in [1.82, 2.24) is 0 Å². The molecule has 0 N–H and O–H groups in total. The number of hydrogen-bond donors (Lipinski definition) is 0. The molecule has 28 heavy (non-hydrogen) atoms. The van der Waals surface area contributed by atoms with E-state index in [-0.39, 0.29) is 5.91 Å². The Morgan fingerprint density at radius 2 is 1.82 bits per heavy atom. The fourth-order valence-corrected chi connectivity index (χ4v) is 4.85. The van der Waals surface area contributed by atoms with Crippen molar-refractivity contribution < 1.29 is 9.21 Å². The van der Waals surface area contributed by atoms with Crippen LogP contribution >= 0.6 is 47.3 Å². The SMILES string of the molecule is O=C1C(=Cc2ccc(SCc3ccc(Cl)cc3)o2)SC(=S)N1c1ccccc1. The molecule has 1 aromatic heterocycles. The molecule has 2 heterocycles. The summed E-state index contributed by atoms with van der Waals surface area (Å²) in [5.41, 5.74) is 1.93. The third-order valence-electron chi connectivity index (χ3n) is 3.98. The highest BCUT2D eigenvalue weighted by molar-refractivity contribution is 8.27. The number of benzene rings is 2. The third-order valence-corrected chi connectivity index (χ3v) is 6.51. The minimum absolute atomic E-state index is 0.132. The lowest BCUT2D eigenvalue weighted by molar-refractivity contribution is -0.113. The molecule has 1 aliphatic rings. The zero-order valence-electron chi connectivity index (χ0n) is 14.5. The second-order valence-corrected chi connectivity index (χ2v) is 9.02. The van der Waals surface area contributed by atoms with Crippen molar-refractivity contribution in [2.75, 3.05) is 4.90 Å². The molecule has 0 spiro atoms. The number of hydrogen-bond acceptors (Lipinski definition) is 5. The third kappa shape index (κ3) is 4.36. The van der Waals surface area contributed by atoms with Crippen molar-refractivity contribution >= 4 is 69.3 Å². The van der Waals surface area contributed by atoms with Gasteiger partial charge in [0.1, 0.15) is 5.76 Å². The number of nitrogens with zero attached hydrogens (tertiary/aromatic N) is 1. The summed E-state index contributed by atoms with van der Waals surface area (Å²) in [5.74, 6) is 1.28. The van der Waals surface area contributed by atoms with Gasteiger partial charge >= 0.3 is 0 Å². The second kappa shape index (κ2) is 8.57. The second-order valence-electron chi connectivity index (χ2n) is 5.92. The first-order chi connectivity index (χ1) is 13.6. The van der Waals surface area contributed by atoms with Gasteiger partial charge in [-0.25, -0.2) is 0 Å². The monoisotopic (exact) mass is 443 g/mol. The molecular formula is C21H14ClNO2S3. The number of thioether (sulfide) groups is 2. The summed E-state index contributed by atoms with van der Waals surface area (Å²) < 4.78 is 6.37. The molecule has 1 aliphatic heterocycles. The minimum atomic E-state index is -0.132.